The van der Waals surface area contributed by atoms with Crippen molar-refractivity contribution in [3.05, 3.63) is 29.6 Å². The quantitative estimate of drug-likeness (QED) is 0.635. The molecule has 1 unspecified atom stereocenters. The maximum Gasteiger partial charge on any atom is 0.251 e. The molecule has 0 aliphatic carbocycles. The lowest BCUT2D eigenvalue weighted by molar-refractivity contribution is -0.116. The molecule has 1 aromatic rings. The molecule has 0 saturated carbocycles. The Balaban J connectivity index is 0.00000625. The summed E-state index contributed by atoms with van der Waals surface area (Å²) in [6, 6.07) is 4.03. The molecule has 26 heavy (non-hydrogen) atoms. The minimum Gasteiger partial charge on any atom is -0.346 e. The van der Waals surface area contributed by atoms with Crippen LogP contribution >= 0.6 is 12.4 Å². The minimum absolute atomic E-state index is 0. The highest BCUT2D eigenvalue weighted by atomic mass is 35.5. The summed E-state index contributed by atoms with van der Waals surface area (Å²) < 4.78 is 14.2. The molecule has 148 valence electrons. The second-order valence-corrected chi connectivity index (χ2v) is 7.66. The van der Waals surface area contributed by atoms with Gasteiger partial charge in [0.05, 0.1) is 5.69 Å². The third-order valence-corrected chi connectivity index (χ3v) is 3.82. The van der Waals surface area contributed by atoms with E-state index in [1.807, 2.05) is 34.6 Å². The average molecular weight is 388 g/mol. The van der Waals surface area contributed by atoms with Crippen molar-refractivity contribution < 1.29 is 14.0 Å². The number of hydrogen-bond donors (Lipinski definition) is 3. The fourth-order valence-electron chi connectivity index (χ4n) is 2.76. The first-order chi connectivity index (χ1) is 11.6. The van der Waals surface area contributed by atoms with Crippen molar-refractivity contribution in [3.63, 3.8) is 0 Å². The van der Waals surface area contributed by atoms with E-state index in [9.17, 15) is 14.0 Å². The van der Waals surface area contributed by atoms with Gasteiger partial charge in [-0.15, -0.1) is 12.4 Å². The van der Waals surface area contributed by atoms with E-state index in [1.165, 1.54) is 12.1 Å². The van der Waals surface area contributed by atoms with Gasteiger partial charge in [0.1, 0.15) is 5.82 Å². The van der Waals surface area contributed by atoms with E-state index in [4.69, 9.17) is 5.73 Å². The summed E-state index contributed by atoms with van der Waals surface area (Å²) in [6.07, 6.45) is 1.03. The van der Waals surface area contributed by atoms with Gasteiger partial charge in [0, 0.05) is 24.1 Å². The van der Waals surface area contributed by atoms with Gasteiger partial charge in [0.2, 0.25) is 5.91 Å². The average Bonchev–Trinajstić information content (AvgIpc) is 2.47. The molecule has 4 N–H and O–H groups in total. The Hall–Kier alpha value is -1.66. The fraction of sp³-hybridized carbons (Fsp3) is 0.579. The summed E-state index contributed by atoms with van der Waals surface area (Å²) in [4.78, 5) is 24.2. The van der Waals surface area contributed by atoms with Crippen molar-refractivity contribution in [1.29, 1.82) is 0 Å². The third-order valence-electron chi connectivity index (χ3n) is 3.82. The molecule has 0 saturated heterocycles. The van der Waals surface area contributed by atoms with Crippen LogP contribution in [0.25, 0.3) is 0 Å². The first-order valence-electron chi connectivity index (χ1n) is 8.68. The van der Waals surface area contributed by atoms with Crippen LogP contribution < -0.4 is 16.4 Å². The smallest absolute Gasteiger partial charge is 0.251 e. The van der Waals surface area contributed by atoms with Crippen LogP contribution in [0.2, 0.25) is 0 Å². The summed E-state index contributed by atoms with van der Waals surface area (Å²) in [5, 5.41) is 5.41. The summed E-state index contributed by atoms with van der Waals surface area (Å²) in [5.41, 5.74) is 5.52. The van der Waals surface area contributed by atoms with E-state index >= 15 is 0 Å². The molecule has 0 heterocycles. The molecule has 2 amide bonds. The zero-order valence-corrected chi connectivity index (χ0v) is 17.0. The highest BCUT2D eigenvalue weighted by Crippen LogP contribution is 2.19. The first kappa shape index (κ1) is 24.3. The Morgan fingerprint density at radius 3 is 2.27 bits per heavy atom. The molecule has 0 radical (unpaired) electrons. The molecule has 0 spiro atoms. The van der Waals surface area contributed by atoms with E-state index in [0.717, 1.165) is 12.5 Å². The number of nitrogens with two attached hydrogens (primary N) is 1. The number of benzene rings is 1. The number of carbonyl (C=O) groups excluding carboxylic acids is 2. The number of halogens is 2. The van der Waals surface area contributed by atoms with Crippen LogP contribution in [0.4, 0.5) is 10.1 Å². The summed E-state index contributed by atoms with van der Waals surface area (Å²) in [6.45, 7) is 10.1. The zero-order valence-electron chi connectivity index (χ0n) is 16.2. The predicted octanol–water partition coefficient (Wildman–Crippen LogP) is 3.73. The number of anilines is 1. The van der Waals surface area contributed by atoms with Crippen molar-refractivity contribution in [2.45, 2.75) is 53.0 Å². The molecule has 1 aromatic carbocycles. The molecule has 7 heteroatoms. The number of hydrogen-bond acceptors (Lipinski definition) is 3. The van der Waals surface area contributed by atoms with Gasteiger partial charge >= 0.3 is 0 Å². The third kappa shape index (κ3) is 7.70. The van der Waals surface area contributed by atoms with Crippen LogP contribution in [0, 0.1) is 17.7 Å². The normalized spacial score (nSPS) is 13.1. The van der Waals surface area contributed by atoms with Gasteiger partial charge < -0.3 is 16.4 Å². The van der Waals surface area contributed by atoms with Crippen LogP contribution in [-0.2, 0) is 4.79 Å². The largest absolute Gasteiger partial charge is 0.346 e. The monoisotopic (exact) mass is 387 g/mol. The Bertz CT molecular complexity index is 623. The van der Waals surface area contributed by atoms with Crippen LogP contribution in [-0.4, -0.2) is 23.9 Å². The van der Waals surface area contributed by atoms with Crippen molar-refractivity contribution in [2.24, 2.45) is 17.6 Å². The van der Waals surface area contributed by atoms with Gasteiger partial charge in [-0.1, -0.05) is 27.7 Å². The van der Waals surface area contributed by atoms with E-state index < -0.39 is 11.4 Å². The van der Waals surface area contributed by atoms with Crippen LogP contribution in [0.1, 0.15) is 57.8 Å². The van der Waals surface area contributed by atoms with Crippen LogP contribution in [0.5, 0.6) is 0 Å². The first-order valence-corrected chi connectivity index (χ1v) is 8.68. The van der Waals surface area contributed by atoms with Gasteiger partial charge in [-0.05, 0) is 43.4 Å². The van der Waals surface area contributed by atoms with Gasteiger partial charge in [0.15, 0.2) is 0 Å². The van der Waals surface area contributed by atoms with E-state index in [-0.39, 0.29) is 41.4 Å². The molecule has 1 atom stereocenters. The molecule has 0 aromatic heterocycles. The maximum absolute atomic E-state index is 14.2. The molecule has 0 aliphatic heterocycles. The molecule has 0 fully saturated rings. The van der Waals surface area contributed by atoms with Crippen molar-refractivity contribution in [3.8, 4) is 0 Å². The lowest BCUT2D eigenvalue weighted by Gasteiger charge is -2.31. The molecule has 0 aliphatic rings. The Morgan fingerprint density at radius 2 is 1.81 bits per heavy atom. The van der Waals surface area contributed by atoms with Crippen molar-refractivity contribution in [2.75, 3.05) is 11.9 Å². The predicted molar refractivity (Wildman–Crippen MR) is 106 cm³/mol. The standard InChI is InChI=1S/C19H30FN3O2.ClH/c1-12(2)8-17(24)22-16-7-6-14(9-15(16)20)18(25)23-19(5,11-21)10-13(3)4;/h6-7,9,12-13H,8,10-11,21H2,1-5H3,(H,22,24)(H,23,25);1H. The van der Waals surface area contributed by atoms with Crippen LogP contribution in [0.3, 0.4) is 0 Å². The Labute approximate surface area is 161 Å². The zero-order chi connectivity index (χ0) is 19.2. The SMILES string of the molecule is CC(C)CC(=O)Nc1ccc(C(=O)NC(C)(CN)CC(C)C)cc1F.Cl. The lowest BCUT2D eigenvalue weighted by Crippen LogP contribution is -2.52. The fourth-order valence-corrected chi connectivity index (χ4v) is 2.76. The highest BCUT2D eigenvalue weighted by molar-refractivity contribution is 5.96. The molecule has 5 nitrogen and oxygen atoms in total. The Morgan fingerprint density at radius 1 is 1.19 bits per heavy atom. The number of nitrogens with one attached hydrogen (secondary N) is 2. The topological polar surface area (TPSA) is 84.2 Å². The number of rotatable bonds is 8. The summed E-state index contributed by atoms with van der Waals surface area (Å²) in [7, 11) is 0. The molecular weight excluding hydrogens is 357 g/mol. The second-order valence-electron chi connectivity index (χ2n) is 7.66. The van der Waals surface area contributed by atoms with E-state index in [2.05, 4.69) is 10.6 Å². The minimum atomic E-state index is -0.636. The van der Waals surface area contributed by atoms with Gasteiger partial charge in [-0.3, -0.25) is 9.59 Å². The molecule has 0 bridgehead atoms. The lowest BCUT2D eigenvalue weighted by atomic mass is 9.90. The van der Waals surface area contributed by atoms with Gasteiger partial charge in [-0.2, -0.15) is 0 Å². The van der Waals surface area contributed by atoms with Gasteiger partial charge in [0.25, 0.3) is 5.91 Å². The van der Waals surface area contributed by atoms with E-state index in [1.54, 1.807) is 0 Å². The number of amides is 2. The highest BCUT2D eigenvalue weighted by Gasteiger charge is 2.26. The van der Waals surface area contributed by atoms with Crippen molar-refractivity contribution >= 4 is 29.9 Å². The number of carbonyl (C=O) groups is 2. The molecule has 1 rings (SSSR count). The Kier molecular flexibility index (Phi) is 9.81. The van der Waals surface area contributed by atoms with E-state index in [0.29, 0.717) is 18.9 Å². The summed E-state index contributed by atoms with van der Waals surface area (Å²) in [5.74, 6) is -0.721. The van der Waals surface area contributed by atoms with Crippen molar-refractivity contribution in [1.82, 2.24) is 5.32 Å². The van der Waals surface area contributed by atoms with Crippen LogP contribution in [0.15, 0.2) is 18.2 Å². The maximum atomic E-state index is 14.2. The summed E-state index contributed by atoms with van der Waals surface area (Å²) >= 11 is 0. The second kappa shape index (κ2) is 10.5. The molecular formula is C19H31ClFN3O2. The van der Waals surface area contributed by atoms with Gasteiger partial charge in [-0.25, -0.2) is 4.39 Å².